The molecule has 170 valence electrons. The zero-order chi connectivity index (χ0) is 23.6. The number of nitrogens with zero attached hydrogens (tertiary/aromatic N) is 4. The Morgan fingerprint density at radius 3 is 2.50 bits per heavy atom. The largest absolute Gasteiger partial charge is 0.449 e. The van der Waals surface area contributed by atoms with E-state index in [9.17, 15) is 14.0 Å². The van der Waals surface area contributed by atoms with Crippen molar-refractivity contribution in [3.8, 4) is 0 Å². The molecule has 3 rings (SSSR count). The first-order valence-electron chi connectivity index (χ1n) is 10.7. The molecule has 0 spiro atoms. The van der Waals surface area contributed by atoms with Gasteiger partial charge in [-0.2, -0.15) is 5.10 Å². The molecule has 1 unspecified atom stereocenters. The summed E-state index contributed by atoms with van der Waals surface area (Å²) in [4.78, 5) is 31.9. The summed E-state index contributed by atoms with van der Waals surface area (Å²) >= 11 is 0. The van der Waals surface area contributed by atoms with Gasteiger partial charge in [-0.25, -0.2) is 18.9 Å². The zero-order valence-electron chi connectivity index (χ0n) is 19.3. The van der Waals surface area contributed by atoms with Gasteiger partial charge in [-0.3, -0.25) is 4.79 Å². The van der Waals surface area contributed by atoms with E-state index in [0.717, 1.165) is 5.69 Å². The number of likely N-dealkylation sites (N-methyl/N-ethyl adjacent to an activating group) is 1. The Balaban J connectivity index is 1.82. The SMILES string of the molecule is CC(OC(=O)c1cc(C(C)C)nc2c1cnn2C(C)C)C(=O)N(C)Cc1cccc(F)c1. The number of pyridine rings is 1. The summed E-state index contributed by atoms with van der Waals surface area (Å²) in [5.74, 6) is -1.26. The van der Waals surface area contributed by atoms with Gasteiger partial charge in [0.15, 0.2) is 11.8 Å². The van der Waals surface area contributed by atoms with Crippen molar-refractivity contribution in [3.05, 3.63) is 59.2 Å². The van der Waals surface area contributed by atoms with Crippen LogP contribution in [0, 0.1) is 5.82 Å². The van der Waals surface area contributed by atoms with Crippen LogP contribution >= 0.6 is 0 Å². The molecule has 0 aliphatic rings. The van der Waals surface area contributed by atoms with E-state index in [1.807, 2.05) is 27.7 Å². The molecule has 0 aliphatic carbocycles. The number of fused-ring (bicyclic) bond motifs is 1. The first-order chi connectivity index (χ1) is 15.1. The van der Waals surface area contributed by atoms with Crippen LogP contribution in [0.5, 0.6) is 0 Å². The van der Waals surface area contributed by atoms with Crippen LogP contribution < -0.4 is 0 Å². The van der Waals surface area contributed by atoms with E-state index < -0.39 is 12.1 Å². The highest BCUT2D eigenvalue weighted by atomic mass is 19.1. The van der Waals surface area contributed by atoms with E-state index in [0.29, 0.717) is 22.2 Å². The monoisotopic (exact) mass is 440 g/mol. The van der Waals surface area contributed by atoms with Crippen LogP contribution in [0.15, 0.2) is 36.5 Å². The quantitative estimate of drug-likeness (QED) is 0.506. The van der Waals surface area contributed by atoms with E-state index in [4.69, 9.17) is 4.74 Å². The van der Waals surface area contributed by atoms with E-state index >= 15 is 0 Å². The summed E-state index contributed by atoms with van der Waals surface area (Å²) in [6, 6.07) is 7.81. The zero-order valence-corrected chi connectivity index (χ0v) is 19.3. The summed E-state index contributed by atoms with van der Waals surface area (Å²) in [5, 5.41) is 4.96. The molecule has 3 aromatic rings. The second-order valence-electron chi connectivity index (χ2n) is 8.54. The van der Waals surface area contributed by atoms with E-state index in [1.165, 1.54) is 24.0 Å². The second kappa shape index (κ2) is 9.46. The van der Waals surface area contributed by atoms with Gasteiger partial charge < -0.3 is 9.64 Å². The predicted molar refractivity (Wildman–Crippen MR) is 120 cm³/mol. The van der Waals surface area contributed by atoms with Crippen molar-refractivity contribution < 1.29 is 18.7 Å². The minimum Gasteiger partial charge on any atom is -0.449 e. The predicted octanol–water partition coefficient (Wildman–Crippen LogP) is 4.48. The molecule has 1 aromatic carbocycles. The van der Waals surface area contributed by atoms with Crippen LogP contribution in [-0.2, 0) is 16.1 Å². The number of amides is 1. The van der Waals surface area contributed by atoms with Crippen LogP contribution in [0.2, 0.25) is 0 Å². The molecule has 7 nitrogen and oxygen atoms in total. The van der Waals surface area contributed by atoms with Gasteiger partial charge >= 0.3 is 5.97 Å². The Morgan fingerprint density at radius 2 is 1.88 bits per heavy atom. The number of esters is 1. The summed E-state index contributed by atoms with van der Waals surface area (Å²) < 4.78 is 20.7. The number of benzene rings is 1. The van der Waals surface area contributed by atoms with Gasteiger partial charge in [0.1, 0.15) is 5.82 Å². The molecule has 0 saturated heterocycles. The van der Waals surface area contributed by atoms with Gasteiger partial charge in [-0.15, -0.1) is 0 Å². The maximum Gasteiger partial charge on any atom is 0.339 e. The number of halogens is 1. The minimum atomic E-state index is -1.01. The third-order valence-corrected chi connectivity index (χ3v) is 5.20. The van der Waals surface area contributed by atoms with Crippen LogP contribution in [0.25, 0.3) is 11.0 Å². The van der Waals surface area contributed by atoms with E-state index in [2.05, 4.69) is 10.1 Å². The lowest BCUT2D eigenvalue weighted by Crippen LogP contribution is -2.37. The number of ether oxygens (including phenoxy) is 1. The van der Waals surface area contributed by atoms with Crippen molar-refractivity contribution >= 4 is 22.9 Å². The third kappa shape index (κ3) is 4.95. The van der Waals surface area contributed by atoms with Gasteiger partial charge in [-0.05, 0) is 50.5 Å². The van der Waals surface area contributed by atoms with Crippen LogP contribution in [0.3, 0.4) is 0 Å². The molecular formula is C24H29FN4O3. The highest BCUT2D eigenvalue weighted by Crippen LogP contribution is 2.25. The first-order valence-corrected chi connectivity index (χ1v) is 10.7. The number of rotatable bonds is 7. The van der Waals surface area contributed by atoms with E-state index in [1.54, 1.807) is 36.1 Å². The fraction of sp³-hybridized carbons (Fsp3) is 0.417. The van der Waals surface area contributed by atoms with Crippen LogP contribution in [-0.4, -0.2) is 44.7 Å². The lowest BCUT2D eigenvalue weighted by molar-refractivity contribution is -0.139. The fourth-order valence-electron chi connectivity index (χ4n) is 3.45. The Hall–Kier alpha value is -3.29. The maximum atomic E-state index is 13.4. The average Bonchev–Trinajstić information content (AvgIpc) is 3.16. The number of hydrogen-bond acceptors (Lipinski definition) is 5. The van der Waals surface area contributed by atoms with Gasteiger partial charge in [0.05, 0.1) is 17.1 Å². The smallest absolute Gasteiger partial charge is 0.339 e. The molecule has 0 bridgehead atoms. The Labute approximate surface area is 187 Å². The van der Waals surface area contributed by atoms with Crippen molar-refractivity contribution in [1.29, 1.82) is 0 Å². The maximum absolute atomic E-state index is 13.4. The standard InChI is InChI=1S/C24H29FN4O3/c1-14(2)21-11-19(20-12-26-29(15(3)4)22(20)27-21)24(31)32-16(5)23(30)28(6)13-17-8-7-9-18(25)10-17/h7-12,14-16H,13H2,1-6H3. The van der Waals surface area contributed by atoms with Crippen LogP contribution in [0.4, 0.5) is 4.39 Å². The number of carbonyl (C=O) groups excluding carboxylic acids is 2. The van der Waals surface area contributed by atoms with Crippen molar-refractivity contribution in [3.63, 3.8) is 0 Å². The van der Waals surface area contributed by atoms with Crippen molar-refractivity contribution in [2.24, 2.45) is 0 Å². The summed E-state index contributed by atoms with van der Waals surface area (Å²) in [6.07, 6.45) is 0.595. The van der Waals surface area contributed by atoms with Gasteiger partial charge in [-0.1, -0.05) is 26.0 Å². The van der Waals surface area contributed by atoms with Crippen LogP contribution in [0.1, 0.15) is 68.2 Å². The molecule has 0 N–H and O–H groups in total. The molecule has 0 fully saturated rings. The highest BCUT2D eigenvalue weighted by molar-refractivity contribution is 6.03. The number of aromatic nitrogens is 3. The molecule has 32 heavy (non-hydrogen) atoms. The lowest BCUT2D eigenvalue weighted by Gasteiger charge is -2.22. The van der Waals surface area contributed by atoms with E-state index in [-0.39, 0.29) is 30.2 Å². The van der Waals surface area contributed by atoms with Gasteiger partial charge in [0, 0.05) is 25.3 Å². The topological polar surface area (TPSA) is 77.3 Å². The summed E-state index contributed by atoms with van der Waals surface area (Å²) in [6.45, 7) is 9.70. The number of carbonyl (C=O) groups is 2. The average molecular weight is 441 g/mol. The van der Waals surface area contributed by atoms with Crippen molar-refractivity contribution in [2.75, 3.05) is 7.05 Å². The molecule has 2 aromatic heterocycles. The molecule has 0 aliphatic heterocycles. The summed E-state index contributed by atoms with van der Waals surface area (Å²) in [7, 11) is 1.59. The summed E-state index contributed by atoms with van der Waals surface area (Å²) in [5.41, 5.74) is 2.34. The van der Waals surface area contributed by atoms with Crippen molar-refractivity contribution in [2.45, 2.75) is 59.2 Å². The Bertz CT molecular complexity index is 1140. The third-order valence-electron chi connectivity index (χ3n) is 5.20. The minimum absolute atomic E-state index is 0.0725. The van der Waals surface area contributed by atoms with Crippen molar-refractivity contribution in [1.82, 2.24) is 19.7 Å². The molecule has 1 atom stereocenters. The first kappa shape index (κ1) is 23.4. The van der Waals surface area contributed by atoms with Gasteiger partial charge in [0.2, 0.25) is 0 Å². The molecule has 1 amide bonds. The second-order valence-corrected chi connectivity index (χ2v) is 8.54. The fourth-order valence-corrected chi connectivity index (χ4v) is 3.45. The lowest BCUT2D eigenvalue weighted by atomic mass is 10.1. The molecule has 2 heterocycles. The molecule has 0 saturated carbocycles. The molecule has 0 radical (unpaired) electrons. The van der Waals surface area contributed by atoms with Gasteiger partial charge in [0.25, 0.3) is 5.91 Å². The highest BCUT2D eigenvalue weighted by Gasteiger charge is 2.25. The molecular weight excluding hydrogens is 411 g/mol. The Kier molecular flexibility index (Phi) is 6.91. The molecule has 8 heteroatoms. The number of hydrogen-bond donors (Lipinski definition) is 0. The Morgan fingerprint density at radius 1 is 1.16 bits per heavy atom. The normalized spacial score (nSPS) is 12.4.